The van der Waals surface area contributed by atoms with E-state index < -0.39 is 0 Å². The van der Waals surface area contributed by atoms with Crippen molar-refractivity contribution in [3.8, 4) is 0 Å². The van der Waals surface area contributed by atoms with Gasteiger partial charge in [0.25, 0.3) is 0 Å². The van der Waals surface area contributed by atoms with Crippen molar-refractivity contribution in [3.63, 3.8) is 0 Å². The van der Waals surface area contributed by atoms with E-state index in [9.17, 15) is 4.79 Å². The van der Waals surface area contributed by atoms with Crippen molar-refractivity contribution in [1.82, 2.24) is 14.8 Å². The van der Waals surface area contributed by atoms with Crippen LogP contribution in [0.15, 0.2) is 24.5 Å². The third-order valence-electron chi connectivity index (χ3n) is 2.57. The molecule has 4 nitrogen and oxygen atoms in total. The minimum Gasteiger partial charge on any atom is -0.294 e. The number of carbonyl (C=O) groups excluding carboxylic acids is 1. The van der Waals surface area contributed by atoms with Crippen LogP contribution in [-0.4, -0.2) is 20.5 Å². The van der Waals surface area contributed by atoms with Gasteiger partial charge < -0.3 is 0 Å². The van der Waals surface area contributed by atoms with E-state index in [1.165, 1.54) is 6.33 Å². The second-order valence-electron chi connectivity index (χ2n) is 3.69. The summed E-state index contributed by atoms with van der Waals surface area (Å²) >= 11 is 11.9. The molecular weight excluding hydrogens is 273 g/mol. The maximum absolute atomic E-state index is 12.1. The highest BCUT2D eigenvalue weighted by Crippen LogP contribution is 2.26. The highest BCUT2D eigenvalue weighted by molar-refractivity contribution is 6.43. The summed E-state index contributed by atoms with van der Waals surface area (Å²) in [6, 6.07) is 5.00. The summed E-state index contributed by atoms with van der Waals surface area (Å²) < 4.78 is 1.68. The fourth-order valence-electron chi connectivity index (χ4n) is 1.65. The number of ketones is 1. The Morgan fingerprint density at radius 1 is 1.39 bits per heavy atom. The van der Waals surface area contributed by atoms with Crippen LogP contribution >= 0.6 is 23.2 Å². The summed E-state index contributed by atoms with van der Waals surface area (Å²) in [5.41, 5.74) is 0.412. The zero-order chi connectivity index (χ0) is 13.1. The van der Waals surface area contributed by atoms with Crippen LogP contribution in [0, 0.1) is 0 Å². The number of aryl methyl sites for hydroxylation is 1. The lowest BCUT2D eigenvalue weighted by Crippen LogP contribution is -2.11. The first-order valence-corrected chi connectivity index (χ1v) is 6.23. The molecule has 0 saturated heterocycles. The van der Waals surface area contributed by atoms with Crippen LogP contribution in [-0.2, 0) is 13.0 Å². The SMILES string of the molecule is CCn1ncnc1CC(=O)c1cccc(Cl)c1Cl. The molecule has 0 unspecified atom stereocenters. The maximum Gasteiger partial charge on any atom is 0.171 e. The van der Waals surface area contributed by atoms with Gasteiger partial charge in [-0.1, -0.05) is 29.3 Å². The van der Waals surface area contributed by atoms with Gasteiger partial charge in [-0.15, -0.1) is 0 Å². The number of rotatable bonds is 4. The van der Waals surface area contributed by atoms with Gasteiger partial charge in [0, 0.05) is 12.1 Å². The number of nitrogens with zero attached hydrogens (tertiary/aromatic N) is 3. The van der Waals surface area contributed by atoms with E-state index in [2.05, 4.69) is 10.1 Å². The van der Waals surface area contributed by atoms with Crippen molar-refractivity contribution in [2.75, 3.05) is 0 Å². The minimum atomic E-state index is -0.120. The Labute approximate surface area is 115 Å². The Balaban J connectivity index is 2.25. The number of halogens is 2. The topological polar surface area (TPSA) is 47.8 Å². The van der Waals surface area contributed by atoms with Gasteiger partial charge in [0.2, 0.25) is 0 Å². The zero-order valence-electron chi connectivity index (χ0n) is 9.73. The Morgan fingerprint density at radius 2 is 2.17 bits per heavy atom. The number of hydrogen-bond donors (Lipinski definition) is 0. The van der Waals surface area contributed by atoms with Crippen molar-refractivity contribution in [2.45, 2.75) is 19.9 Å². The van der Waals surface area contributed by atoms with Crippen molar-refractivity contribution in [3.05, 3.63) is 46.0 Å². The Kier molecular flexibility index (Phi) is 3.99. The molecule has 0 aliphatic heterocycles. The maximum atomic E-state index is 12.1. The molecule has 0 radical (unpaired) electrons. The molecule has 0 bridgehead atoms. The monoisotopic (exact) mass is 283 g/mol. The number of carbonyl (C=O) groups is 1. The lowest BCUT2D eigenvalue weighted by molar-refractivity contribution is 0.0989. The van der Waals surface area contributed by atoms with E-state index in [1.54, 1.807) is 22.9 Å². The molecule has 0 saturated carbocycles. The van der Waals surface area contributed by atoms with E-state index >= 15 is 0 Å². The van der Waals surface area contributed by atoms with E-state index in [4.69, 9.17) is 23.2 Å². The number of aromatic nitrogens is 3. The lowest BCUT2D eigenvalue weighted by atomic mass is 10.1. The Bertz CT molecular complexity index is 580. The summed E-state index contributed by atoms with van der Waals surface area (Å²) in [5, 5.41) is 4.67. The molecule has 6 heteroatoms. The predicted octanol–water partition coefficient (Wildman–Crippen LogP) is 3.03. The summed E-state index contributed by atoms with van der Waals surface area (Å²) in [6.45, 7) is 2.61. The second kappa shape index (κ2) is 5.50. The molecule has 2 rings (SSSR count). The smallest absolute Gasteiger partial charge is 0.171 e. The molecule has 0 aliphatic rings. The highest BCUT2D eigenvalue weighted by atomic mass is 35.5. The van der Waals surface area contributed by atoms with Crippen LogP contribution in [0.1, 0.15) is 23.1 Å². The summed E-state index contributed by atoms with van der Waals surface area (Å²) in [5.74, 6) is 0.503. The van der Waals surface area contributed by atoms with Gasteiger partial charge in [0.05, 0.1) is 16.5 Å². The molecule has 0 aliphatic carbocycles. The van der Waals surface area contributed by atoms with Crippen molar-refractivity contribution in [1.29, 1.82) is 0 Å². The van der Waals surface area contributed by atoms with E-state index in [1.807, 2.05) is 6.92 Å². The molecule has 94 valence electrons. The van der Waals surface area contributed by atoms with Gasteiger partial charge in [-0.3, -0.25) is 4.79 Å². The van der Waals surface area contributed by atoms with Crippen LogP contribution < -0.4 is 0 Å². The quantitative estimate of drug-likeness (QED) is 0.811. The highest BCUT2D eigenvalue weighted by Gasteiger charge is 2.15. The molecule has 0 spiro atoms. The van der Waals surface area contributed by atoms with Crippen LogP contribution in [0.2, 0.25) is 10.0 Å². The Morgan fingerprint density at radius 3 is 2.89 bits per heavy atom. The molecule has 2 aromatic rings. The molecule has 1 heterocycles. The zero-order valence-corrected chi connectivity index (χ0v) is 11.2. The average molecular weight is 284 g/mol. The largest absolute Gasteiger partial charge is 0.294 e. The van der Waals surface area contributed by atoms with Gasteiger partial charge >= 0.3 is 0 Å². The molecule has 0 amide bonds. The first-order chi connectivity index (χ1) is 8.63. The van der Waals surface area contributed by atoms with Crippen LogP contribution in [0.3, 0.4) is 0 Å². The Hall–Kier alpha value is -1.39. The van der Waals surface area contributed by atoms with Crippen LogP contribution in [0.5, 0.6) is 0 Å². The average Bonchev–Trinajstić information content (AvgIpc) is 2.79. The molecular formula is C12H11Cl2N3O. The van der Waals surface area contributed by atoms with Gasteiger partial charge in [-0.05, 0) is 19.1 Å². The fraction of sp³-hybridized carbons (Fsp3) is 0.250. The standard InChI is InChI=1S/C12H11Cl2N3O/c1-2-17-11(15-7-16-17)6-10(18)8-4-3-5-9(13)12(8)14/h3-5,7H,2,6H2,1H3. The number of hydrogen-bond acceptors (Lipinski definition) is 3. The number of Topliss-reactive ketones (excluding diaryl/α,β-unsaturated/α-hetero) is 1. The third kappa shape index (κ3) is 2.54. The van der Waals surface area contributed by atoms with Gasteiger partial charge in [-0.2, -0.15) is 5.10 Å². The second-order valence-corrected chi connectivity index (χ2v) is 4.48. The summed E-state index contributed by atoms with van der Waals surface area (Å²) in [7, 11) is 0. The van der Waals surface area contributed by atoms with Crippen LogP contribution in [0.25, 0.3) is 0 Å². The van der Waals surface area contributed by atoms with E-state index in [-0.39, 0.29) is 17.2 Å². The predicted molar refractivity (Wildman–Crippen MR) is 70.2 cm³/mol. The lowest BCUT2D eigenvalue weighted by Gasteiger charge is -2.05. The molecule has 0 atom stereocenters. The third-order valence-corrected chi connectivity index (χ3v) is 3.38. The molecule has 18 heavy (non-hydrogen) atoms. The fourth-order valence-corrected chi connectivity index (χ4v) is 2.05. The van der Waals surface area contributed by atoms with Gasteiger partial charge in [-0.25, -0.2) is 9.67 Å². The molecule has 1 aromatic carbocycles. The van der Waals surface area contributed by atoms with Gasteiger partial charge in [0.15, 0.2) is 5.78 Å². The summed E-state index contributed by atoms with van der Waals surface area (Å²) in [4.78, 5) is 16.2. The first-order valence-electron chi connectivity index (χ1n) is 5.47. The first kappa shape index (κ1) is 13.1. The molecule has 0 fully saturated rings. The minimum absolute atomic E-state index is 0.120. The number of benzene rings is 1. The molecule has 0 N–H and O–H groups in total. The molecule has 1 aromatic heterocycles. The van der Waals surface area contributed by atoms with E-state index in [0.717, 1.165) is 0 Å². The van der Waals surface area contributed by atoms with Crippen LogP contribution in [0.4, 0.5) is 0 Å². The summed E-state index contributed by atoms with van der Waals surface area (Å²) in [6.07, 6.45) is 1.60. The van der Waals surface area contributed by atoms with Crippen molar-refractivity contribution < 1.29 is 4.79 Å². The van der Waals surface area contributed by atoms with Crippen molar-refractivity contribution in [2.24, 2.45) is 0 Å². The normalized spacial score (nSPS) is 10.6. The van der Waals surface area contributed by atoms with Gasteiger partial charge in [0.1, 0.15) is 12.2 Å². The van der Waals surface area contributed by atoms with E-state index in [0.29, 0.717) is 23.0 Å². The van der Waals surface area contributed by atoms with Crippen molar-refractivity contribution >= 4 is 29.0 Å².